The van der Waals surface area contributed by atoms with Crippen molar-refractivity contribution in [2.75, 3.05) is 48.2 Å². The monoisotopic (exact) mass is 441 g/mol. The quantitative estimate of drug-likeness (QED) is 0.671. The van der Waals surface area contributed by atoms with Gasteiger partial charge in [-0.1, -0.05) is 0 Å². The fourth-order valence-corrected chi connectivity index (χ4v) is 7.80. The lowest BCUT2D eigenvalue weighted by Gasteiger charge is -2.37. The zero-order valence-electron chi connectivity index (χ0n) is 16.7. The van der Waals surface area contributed by atoms with E-state index in [4.69, 9.17) is 0 Å². The maximum absolute atomic E-state index is 13.0. The Morgan fingerprint density at radius 1 is 1.14 bits per heavy atom. The molecule has 8 nitrogen and oxygen atoms in total. The molecule has 1 aromatic rings. The van der Waals surface area contributed by atoms with Crippen LogP contribution < -0.4 is 4.31 Å². The van der Waals surface area contributed by atoms with E-state index in [0.29, 0.717) is 50.3 Å². The van der Waals surface area contributed by atoms with Gasteiger partial charge in [0.1, 0.15) is 0 Å². The maximum Gasteiger partial charge on any atom is 0.253 e. The molecule has 0 aliphatic carbocycles. The van der Waals surface area contributed by atoms with Crippen molar-refractivity contribution in [3.63, 3.8) is 0 Å². The van der Waals surface area contributed by atoms with Gasteiger partial charge in [-0.25, -0.2) is 16.8 Å². The van der Waals surface area contributed by atoms with E-state index in [-0.39, 0.29) is 29.5 Å². The van der Waals surface area contributed by atoms with E-state index in [9.17, 15) is 21.6 Å². The fraction of sp³-hybridized carbons (Fsp3) is 0.632. The highest BCUT2D eigenvalue weighted by atomic mass is 32.2. The summed E-state index contributed by atoms with van der Waals surface area (Å²) < 4.78 is 49.0. The van der Waals surface area contributed by atoms with Crippen LogP contribution in [-0.4, -0.2) is 88.6 Å². The average molecular weight is 442 g/mol. The maximum atomic E-state index is 13.0. The molecule has 0 bridgehead atoms. The van der Waals surface area contributed by atoms with Crippen LogP contribution in [0.5, 0.6) is 0 Å². The van der Waals surface area contributed by atoms with Crippen molar-refractivity contribution in [1.29, 1.82) is 0 Å². The summed E-state index contributed by atoms with van der Waals surface area (Å²) in [6.07, 6.45) is 2.47. The topological polar surface area (TPSA) is 95.1 Å². The van der Waals surface area contributed by atoms with Crippen LogP contribution in [-0.2, 0) is 26.3 Å². The number of fused-ring (bicyclic) bond motifs is 1. The lowest BCUT2D eigenvalue weighted by Crippen LogP contribution is -2.52. The highest BCUT2D eigenvalue weighted by Crippen LogP contribution is 2.35. The van der Waals surface area contributed by atoms with E-state index in [1.807, 2.05) is 13.0 Å². The van der Waals surface area contributed by atoms with E-state index in [2.05, 4.69) is 4.90 Å². The second-order valence-corrected chi connectivity index (χ2v) is 12.4. The van der Waals surface area contributed by atoms with Crippen molar-refractivity contribution in [3.8, 4) is 0 Å². The summed E-state index contributed by atoms with van der Waals surface area (Å²) in [6, 6.07) is 5.16. The number of hydrogen-bond acceptors (Lipinski definition) is 6. The Morgan fingerprint density at radius 3 is 2.41 bits per heavy atom. The SMILES string of the molecule is C[C@@H]1Cc2cc(C(=O)N3CCN([C@@H]4CCS(=O)(=O)C4)CC3)ccc2N1S(C)(=O)=O. The van der Waals surface area contributed by atoms with Crippen LogP contribution in [0, 0.1) is 0 Å². The molecular weight excluding hydrogens is 414 g/mol. The molecule has 0 saturated carbocycles. The van der Waals surface area contributed by atoms with E-state index >= 15 is 0 Å². The van der Waals surface area contributed by atoms with Crippen molar-refractivity contribution in [2.45, 2.75) is 31.8 Å². The molecule has 10 heteroatoms. The third-order valence-electron chi connectivity index (χ3n) is 6.16. The van der Waals surface area contributed by atoms with Gasteiger partial charge in [0, 0.05) is 43.8 Å². The molecule has 29 heavy (non-hydrogen) atoms. The molecule has 0 aromatic heterocycles. The third kappa shape index (κ3) is 4.02. The van der Waals surface area contributed by atoms with Crippen LogP contribution in [0.25, 0.3) is 0 Å². The molecule has 0 unspecified atom stereocenters. The van der Waals surface area contributed by atoms with Gasteiger partial charge in [-0.05, 0) is 43.5 Å². The molecule has 1 aromatic carbocycles. The van der Waals surface area contributed by atoms with Crippen LogP contribution in [0.1, 0.15) is 29.3 Å². The summed E-state index contributed by atoms with van der Waals surface area (Å²) in [5.41, 5.74) is 2.11. The fourth-order valence-electron chi connectivity index (χ4n) is 4.78. The Labute approximate surface area is 172 Å². The molecule has 3 heterocycles. The predicted molar refractivity (Wildman–Crippen MR) is 111 cm³/mol. The molecule has 2 atom stereocenters. The molecule has 0 N–H and O–H groups in total. The highest BCUT2D eigenvalue weighted by Gasteiger charge is 2.35. The van der Waals surface area contributed by atoms with Crippen molar-refractivity contribution < 1.29 is 21.6 Å². The van der Waals surface area contributed by atoms with Gasteiger partial charge in [-0.15, -0.1) is 0 Å². The molecular formula is C19H27N3O5S2. The molecule has 0 spiro atoms. The number of benzene rings is 1. The summed E-state index contributed by atoms with van der Waals surface area (Å²) in [5, 5.41) is 0. The Kier molecular flexibility index (Phi) is 5.15. The minimum atomic E-state index is -3.35. The minimum Gasteiger partial charge on any atom is -0.336 e. The third-order valence-corrected chi connectivity index (χ3v) is 9.18. The average Bonchev–Trinajstić information content (AvgIpc) is 3.18. The number of anilines is 1. The number of amides is 1. The highest BCUT2D eigenvalue weighted by molar-refractivity contribution is 7.92. The first-order valence-electron chi connectivity index (χ1n) is 9.91. The first kappa shape index (κ1) is 20.6. The predicted octanol–water partition coefficient (Wildman–Crippen LogP) is 0.342. The second kappa shape index (κ2) is 7.24. The van der Waals surface area contributed by atoms with Gasteiger partial charge in [0.25, 0.3) is 5.91 Å². The molecule has 1 amide bonds. The van der Waals surface area contributed by atoms with Crippen molar-refractivity contribution in [1.82, 2.24) is 9.80 Å². The Morgan fingerprint density at radius 2 is 1.83 bits per heavy atom. The van der Waals surface area contributed by atoms with Gasteiger partial charge in [-0.2, -0.15) is 0 Å². The number of carbonyl (C=O) groups is 1. The smallest absolute Gasteiger partial charge is 0.253 e. The summed E-state index contributed by atoms with van der Waals surface area (Å²) in [5.74, 6) is 0.423. The first-order chi connectivity index (χ1) is 13.5. The van der Waals surface area contributed by atoms with Crippen molar-refractivity contribution in [2.24, 2.45) is 0 Å². The normalized spacial score (nSPS) is 27.2. The van der Waals surface area contributed by atoms with E-state index in [0.717, 1.165) is 5.56 Å². The van der Waals surface area contributed by atoms with Gasteiger partial charge in [0.05, 0.1) is 23.4 Å². The largest absolute Gasteiger partial charge is 0.336 e. The lowest BCUT2D eigenvalue weighted by atomic mass is 10.1. The molecule has 2 saturated heterocycles. The first-order valence-corrected chi connectivity index (χ1v) is 13.6. The van der Waals surface area contributed by atoms with E-state index in [1.165, 1.54) is 10.6 Å². The number of rotatable bonds is 3. The second-order valence-electron chi connectivity index (χ2n) is 8.34. The van der Waals surface area contributed by atoms with Crippen LogP contribution in [0.2, 0.25) is 0 Å². The molecule has 4 rings (SSSR count). The molecule has 0 radical (unpaired) electrons. The van der Waals surface area contributed by atoms with Crippen LogP contribution >= 0.6 is 0 Å². The number of nitrogens with zero attached hydrogens (tertiary/aromatic N) is 3. The molecule has 3 aliphatic rings. The molecule has 160 valence electrons. The summed E-state index contributed by atoms with van der Waals surface area (Å²) >= 11 is 0. The van der Waals surface area contributed by atoms with Crippen molar-refractivity contribution in [3.05, 3.63) is 29.3 Å². The standard InChI is InChI=1S/C19H27N3O5S2/c1-14-11-16-12-15(3-4-18(16)22(14)28(2,24)25)19(23)21-8-6-20(7-9-21)17-5-10-29(26,27)13-17/h3-4,12,14,17H,5-11,13H2,1-2H3/t14-,17-/m1/s1. The lowest BCUT2D eigenvalue weighted by molar-refractivity contribution is 0.0587. The van der Waals surface area contributed by atoms with Crippen LogP contribution in [0.15, 0.2) is 18.2 Å². The van der Waals surface area contributed by atoms with Gasteiger partial charge in [-0.3, -0.25) is 14.0 Å². The van der Waals surface area contributed by atoms with Crippen LogP contribution in [0.3, 0.4) is 0 Å². The van der Waals surface area contributed by atoms with Gasteiger partial charge < -0.3 is 4.90 Å². The number of carbonyl (C=O) groups excluding carboxylic acids is 1. The van der Waals surface area contributed by atoms with Gasteiger partial charge in [0.2, 0.25) is 10.0 Å². The Balaban J connectivity index is 1.43. The van der Waals surface area contributed by atoms with E-state index in [1.54, 1.807) is 17.0 Å². The summed E-state index contributed by atoms with van der Waals surface area (Å²) in [4.78, 5) is 17.0. The molecule has 3 aliphatic heterocycles. The zero-order chi connectivity index (χ0) is 21.0. The number of sulfone groups is 1. The summed E-state index contributed by atoms with van der Waals surface area (Å²) in [7, 11) is -6.26. The number of hydrogen-bond donors (Lipinski definition) is 0. The molecule has 2 fully saturated rings. The van der Waals surface area contributed by atoms with Gasteiger partial charge >= 0.3 is 0 Å². The number of piperazine rings is 1. The van der Waals surface area contributed by atoms with Crippen molar-refractivity contribution >= 4 is 31.5 Å². The Hall–Kier alpha value is -1.65. The minimum absolute atomic E-state index is 0.0584. The Bertz CT molecular complexity index is 1030. The summed E-state index contributed by atoms with van der Waals surface area (Å²) in [6.45, 7) is 4.35. The zero-order valence-corrected chi connectivity index (χ0v) is 18.4. The number of sulfonamides is 1. The van der Waals surface area contributed by atoms with Gasteiger partial charge in [0.15, 0.2) is 9.84 Å². The van der Waals surface area contributed by atoms with Crippen LogP contribution in [0.4, 0.5) is 5.69 Å². The van der Waals surface area contributed by atoms with E-state index < -0.39 is 19.9 Å².